The number of allylic oxidation sites excluding steroid dienone is 4. The second-order valence-corrected chi connectivity index (χ2v) is 9.08. The Hall–Kier alpha value is -2.06. The van der Waals surface area contributed by atoms with Crippen molar-refractivity contribution in [1.29, 1.82) is 0 Å². The van der Waals surface area contributed by atoms with E-state index in [2.05, 4.69) is 148 Å². The second-order valence-electron chi connectivity index (χ2n) is 8.30. The fourth-order valence-corrected chi connectivity index (χ4v) is 5.78. The molecule has 0 aliphatic heterocycles. The second kappa shape index (κ2) is 13.3. The van der Waals surface area contributed by atoms with Crippen molar-refractivity contribution in [2.45, 2.75) is 18.3 Å². The molecule has 0 N–H and O–H groups in total. The Morgan fingerprint density at radius 2 is 0.914 bits per heavy atom. The molecular weight excluding hydrogens is 527 g/mol. The number of hydrogen-bond donors (Lipinski definition) is 0. The van der Waals surface area contributed by atoms with Gasteiger partial charge in [-0.1, -0.05) is 0 Å². The van der Waals surface area contributed by atoms with E-state index in [0.29, 0.717) is 0 Å². The van der Waals surface area contributed by atoms with Crippen molar-refractivity contribution >= 4 is 0 Å². The van der Waals surface area contributed by atoms with Gasteiger partial charge in [0.1, 0.15) is 0 Å². The Balaban J connectivity index is 0.00000144. The zero-order valence-corrected chi connectivity index (χ0v) is 23.0. The standard InChI is InChI=1S/C31H25.3ClH.Ti/c1-5-13-25(14-6-1)23-26-21-22-30(24-26)31(27-15-7-2-8-16-27,28-17-9-3-10-18-28)29-19-11-4-12-20-29;;;;/h1-21H,22-23H2;3*1H;/q;;;;+3/p-3. The number of benzene rings is 4. The van der Waals surface area contributed by atoms with Crippen LogP contribution in [-0.4, -0.2) is 0 Å². The number of halogens is 3. The summed E-state index contributed by atoms with van der Waals surface area (Å²) in [5.41, 5.74) is 7.93. The maximum atomic E-state index is 2.45. The topological polar surface area (TPSA) is 0 Å². The van der Waals surface area contributed by atoms with Gasteiger partial charge in [-0.05, 0) is 0 Å². The predicted octanol–water partition coefficient (Wildman–Crippen LogP) is -1.59. The summed E-state index contributed by atoms with van der Waals surface area (Å²) in [6, 6.07) is 43.9. The Labute approximate surface area is 239 Å². The van der Waals surface area contributed by atoms with Crippen molar-refractivity contribution < 1.29 is 57.7 Å². The summed E-state index contributed by atoms with van der Waals surface area (Å²) < 4.78 is 1.42. The molecule has 1 aliphatic carbocycles. The monoisotopic (exact) mass is 550 g/mol. The van der Waals surface area contributed by atoms with Gasteiger partial charge >= 0.3 is 203 Å². The van der Waals surface area contributed by atoms with Crippen LogP contribution in [0.25, 0.3) is 0 Å². The predicted molar refractivity (Wildman–Crippen MR) is 129 cm³/mol. The third-order valence-corrected chi connectivity index (χ3v) is 7.46. The van der Waals surface area contributed by atoms with Gasteiger partial charge in [-0.3, -0.25) is 0 Å². The van der Waals surface area contributed by atoms with E-state index in [1.807, 2.05) is 0 Å². The fraction of sp³-hybridized carbons (Fsp3) is 0.0968. The van der Waals surface area contributed by atoms with Crippen molar-refractivity contribution in [2.24, 2.45) is 0 Å². The van der Waals surface area contributed by atoms with Crippen LogP contribution < -0.4 is 37.2 Å². The van der Waals surface area contributed by atoms with E-state index in [1.165, 1.54) is 37.3 Å². The van der Waals surface area contributed by atoms with Crippen molar-refractivity contribution in [3.63, 3.8) is 0 Å². The molecule has 4 aromatic rings. The third-order valence-electron chi connectivity index (χ3n) is 6.49. The summed E-state index contributed by atoms with van der Waals surface area (Å²) >= 11 is 2.32. The summed E-state index contributed by atoms with van der Waals surface area (Å²) in [6.07, 6.45) is 4.39. The molecule has 5 rings (SSSR count). The molecular formula is C31H25Cl3Ti. The molecule has 0 unspecified atom stereocenters. The molecule has 0 saturated carbocycles. The molecule has 0 fully saturated rings. The van der Waals surface area contributed by atoms with Crippen LogP contribution in [0, 0.1) is 0 Å². The number of rotatable bonds is 6. The zero-order valence-electron chi connectivity index (χ0n) is 19.2. The summed E-state index contributed by atoms with van der Waals surface area (Å²) in [4.78, 5) is 0. The first-order valence-corrected chi connectivity index (χ1v) is 11.9. The Morgan fingerprint density at radius 3 is 1.31 bits per heavy atom. The van der Waals surface area contributed by atoms with E-state index in [0.717, 1.165) is 12.8 Å². The van der Waals surface area contributed by atoms with E-state index < -0.39 is 0 Å². The van der Waals surface area contributed by atoms with Gasteiger partial charge < -0.3 is 37.2 Å². The van der Waals surface area contributed by atoms with Crippen LogP contribution in [-0.2, 0) is 32.3 Å². The molecule has 0 bridgehead atoms. The van der Waals surface area contributed by atoms with Gasteiger partial charge in [-0.25, -0.2) is 0 Å². The van der Waals surface area contributed by atoms with E-state index in [4.69, 9.17) is 0 Å². The molecule has 0 amide bonds. The molecule has 0 atom stereocenters. The molecule has 4 heteroatoms. The van der Waals surface area contributed by atoms with Crippen LogP contribution in [0.1, 0.15) is 28.7 Å². The first-order valence-electron chi connectivity index (χ1n) is 11.2. The quantitative estimate of drug-likeness (QED) is 0.200. The number of hydrogen-bond acceptors (Lipinski definition) is 0. The first-order chi connectivity index (χ1) is 15.8. The van der Waals surface area contributed by atoms with E-state index in [1.54, 1.807) is 0 Å². The minimum absolute atomic E-state index is 0. The fourth-order valence-electron chi connectivity index (χ4n) is 5.03. The molecule has 0 heterocycles. The molecule has 0 radical (unpaired) electrons. The molecule has 0 spiro atoms. The van der Waals surface area contributed by atoms with E-state index in [9.17, 15) is 0 Å². The van der Waals surface area contributed by atoms with Crippen molar-refractivity contribution in [2.75, 3.05) is 0 Å². The van der Waals surface area contributed by atoms with Gasteiger partial charge in [-0.2, -0.15) is 0 Å². The molecule has 174 valence electrons. The van der Waals surface area contributed by atoms with Gasteiger partial charge in [0.15, 0.2) is 0 Å². The summed E-state index contributed by atoms with van der Waals surface area (Å²) in [5.74, 6) is 0. The van der Waals surface area contributed by atoms with Crippen LogP contribution in [0.2, 0.25) is 0 Å². The molecule has 0 saturated heterocycles. The Kier molecular flexibility index (Phi) is 11.1. The van der Waals surface area contributed by atoms with Crippen LogP contribution in [0.4, 0.5) is 0 Å². The van der Waals surface area contributed by atoms with Crippen LogP contribution in [0.3, 0.4) is 0 Å². The van der Waals surface area contributed by atoms with Gasteiger partial charge in [0.05, 0.1) is 0 Å². The van der Waals surface area contributed by atoms with Crippen molar-refractivity contribution in [3.8, 4) is 0 Å². The first kappa shape index (κ1) is 29.2. The van der Waals surface area contributed by atoms with Gasteiger partial charge in [-0.15, -0.1) is 0 Å². The normalized spacial score (nSPS) is 12.7. The Bertz CT molecular complexity index is 1160. The molecule has 1 aliphatic rings. The van der Waals surface area contributed by atoms with Gasteiger partial charge in [0.2, 0.25) is 0 Å². The molecule has 0 nitrogen and oxygen atoms in total. The van der Waals surface area contributed by atoms with E-state index in [-0.39, 0.29) is 42.6 Å². The van der Waals surface area contributed by atoms with Crippen molar-refractivity contribution in [3.05, 3.63) is 165 Å². The van der Waals surface area contributed by atoms with Crippen LogP contribution in [0.5, 0.6) is 0 Å². The summed E-state index contributed by atoms with van der Waals surface area (Å²) in [5, 5.41) is 0. The molecule has 0 aromatic heterocycles. The average Bonchev–Trinajstić information content (AvgIpc) is 3.22. The third kappa shape index (κ3) is 5.69. The van der Waals surface area contributed by atoms with Crippen LogP contribution in [0.15, 0.2) is 142 Å². The SMILES string of the molecule is [Cl-].[Cl-].[Cl-].[Ti+3][C]1=C(C(c2ccccc2)(c2ccccc2)c2ccccc2)CC=C1Cc1ccccc1. The Morgan fingerprint density at radius 1 is 0.543 bits per heavy atom. The van der Waals surface area contributed by atoms with Gasteiger partial charge in [0.25, 0.3) is 0 Å². The average molecular weight is 552 g/mol. The summed E-state index contributed by atoms with van der Waals surface area (Å²) in [7, 11) is 0. The van der Waals surface area contributed by atoms with Crippen molar-refractivity contribution in [1.82, 2.24) is 0 Å². The van der Waals surface area contributed by atoms with E-state index >= 15 is 0 Å². The zero-order chi connectivity index (χ0) is 21.8. The van der Waals surface area contributed by atoms with Gasteiger partial charge in [0, 0.05) is 0 Å². The van der Waals surface area contributed by atoms with Crippen LogP contribution >= 0.6 is 0 Å². The molecule has 35 heavy (non-hydrogen) atoms. The minimum atomic E-state index is -0.317. The molecule has 4 aromatic carbocycles. The maximum absolute atomic E-state index is 2.45. The summed E-state index contributed by atoms with van der Waals surface area (Å²) in [6.45, 7) is 0.